The van der Waals surface area contributed by atoms with Crippen molar-refractivity contribution in [1.29, 1.82) is 5.26 Å². The number of thiazole rings is 1. The Morgan fingerprint density at radius 1 is 1.52 bits per heavy atom. The second-order valence-corrected chi connectivity index (χ2v) is 5.79. The van der Waals surface area contributed by atoms with Crippen LogP contribution in [0.4, 0.5) is 5.13 Å². The number of carbonyl (C=O) groups is 1. The predicted octanol–water partition coefficient (Wildman–Crippen LogP) is 3.73. The topological polar surface area (TPSA) is 81.6 Å². The standard InChI is InChI=1S/C17H14N4OS/c1-2-11-4-3-5-14-13(10-20-15(11)14)8-12(9-18)16(22)21-17-19-6-7-23-17/h3-8,10,20H,2H2,1H3,(H,19,21,22). The highest BCUT2D eigenvalue weighted by Gasteiger charge is 2.12. The van der Waals surface area contributed by atoms with Crippen LogP contribution in [0, 0.1) is 11.3 Å². The molecule has 0 aliphatic heterocycles. The summed E-state index contributed by atoms with van der Waals surface area (Å²) >= 11 is 1.31. The summed E-state index contributed by atoms with van der Waals surface area (Å²) in [6.45, 7) is 2.09. The third-order valence-electron chi connectivity index (χ3n) is 3.53. The number of rotatable bonds is 4. The fourth-order valence-electron chi connectivity index (χ4n) is 2.41. The number of anilines is 1. The molecular weight excluding hydrogens is 308 g/mol. The Balaban J connectivity index is 1.95. The van der Waals surface area contributed by atoms with Crippen LogP contribution >= 0.6 is 11.3 Å². The first-order valence-corrected chi connectivity index (χ1v) is 8.02. The van der Waals surface area contributed by atoms with Crippen LogP contribution in [0.25, 0.3) is 17.0 Å². The lowest BCUT2D eigenvalue weighted by Crippen LogP contribution is -2.13. The molecule has 114 valence electrons. The van der Waals surface area contributed by atoms with Gasteiger partial charge in [-0.05, 0) is 18.1 Å². The van der Waals surface area contributed by atoms with Gasteiger partial charge in [0.05, 0.1) is 0 Å². The number of aromatic amines is 1. The maximum Gasteiger partial charge on any atom is 0.268 e. The van der Waals surface area contributed by atoms with Crippen molar-refractivity contribution < 1.29 is 4.79 Å². The van der Waals surface area contributed by atoms with Gasteiger partial charge < -0.3 is 4.98 Å². The normalized spacial score (nSPS) is 11.4. The Kier molecular flexibility index (Phi) is 4.22. The van der Waals surface area contributed by atoms with Crippen LogP contribution < -0.4 is 5.32 Å². The Labute approximate surface area is 137 Å². The highest BCUT2D eigenvalue weighted by atomic mass is 32.1. The molecule has 6 heteroatoms. The number of aryl methyl sites for hydroxylation is 1. The molecule has 0 bridgehead atoms. The minimum atomic E-state index is -0.455. The molecule has 2 N–H and O–H groups in total. The van der Waals surface area contributed by atoms with Crippen molar-refractivity contribution in [2.45, 2.75) is 13.3 Å². The van der Waals surface area contributed by atoms with Crippen molar-refractivity contribution >= 4 is 39.4 Å². The van der Waals surface area contributed by atoms with Gasteiger partial charge in [-0.25, -0.2) is 4.98 Å². The maximum atomic E-state index is 12.2. The van der Waals surface area contributed by atoms with Crippen LogP contribution in [0.15, 0.2) is 41.5 Å². The number of hydrogen-bond acceptors (Lipinski definition) is 4. The number of carbonyl (C=O) groups excluding carboxylic acids is 1. The second-order valence-electron chi connectivity index (χ2n) is 4.90. The first-order chi connectivity index (χ1) is 11.2. The molecule has 2 aromatic heterocycles. The van der Waals surface area contributed by atoms with Gasteiger partial charge in [0.15, 0.2) is 5.13 Å². The number of nitrogens with one attached hydrogen (secondary N) is 2. The van der Waals surface area contributed by atoms with Crippen molar-refractivity contribution in [1.82, 2.24) is 9.97 Å². The molecule has 0 radical (unpaired) electrons. The average molecular weight is 322 g/mol. The third-order valence-corrected chi connectivity index (χ3v) is 4.22. The van der Waals surface area contributed by atoms with Gasteiger partial charge in [0.2, 0.25) is 0 Å². The third kappa shape index (κ3) is 3.00. The Hall–Kier alpha value is -2.91. The Morgan fingerprint density at radius 3 is 3.09 bits per heavy atom. The fourth-order valence-corrected chi connectivity index (χ4v) is 2.93. The number of nitriles is 1. The molecule has 0 unspecified atom stereocenters. The van der Waals surface area contributed by atoms with Crippen LogP contribution in [0.2, 0.25) is 0 Å². The Morgan fingerprint density at radius 2 is 2.39 bits per heavy atom. The lowest BCUT2D eigenvalue weighted by atomic mass is 10.1. The smallest absolute Gasteiger partial charge is 0.268 e. The summed E-state index contributed by atoms with van der Waals surface area (Å²) in [6, 6.07) is 7.98. The molecule has 0 fully saturated rings. The van der Waals surface area contributed by atoms with E-state index >= 15 is 0 Å². The zero-order valence-corrected chi connectivity index (χ0v) is 13.3. The highest BCUT2D eigenvalue weighted by Crippen LogP contribution is 2.24. The monoisotopic (exact) mass is 322 g/mol. The number of hydrogen-bond donors (Lipinski definition) is 2. The van der Waals surface area contributed by atoms with Crippen molar-refractivity contribution in [3.05, 3.63) is 52.7 Å². The molecule has 23 heavy (non-hydrogen) atoms. The van der Waals surface area contributed by atoms with Gasteiger partial charge in [-0.1, -0.05) is 25.1 Å². The quantitative estimate of drug-likeness (QED) is 0.567. The number of amides is 1. The molecule has 0 saturated heterocycles. The van der Waals surface area contributed by atoms with Crippen molar-refractivity contribution in [2.75, 3.05) is 5.32 Å². The number of H-pyrrole nitrogens is 1. The molecule has 3 aromatic rings. The summed E-state index contributed by atoms with van der Waals surface area (Å²) in [5.41, 5.74) is 3.11. The first-order valence-electron chi connectivity index (χ1n) is 7.14. The molecule has 1 amide bonds. The van der Waals surface area contributed by atoms with E-state index in [2.05, 4.69) is 28.3 Å². The van der Waals surface area contributed by atoms with E-state index < -0.39 is 5.91 Å². The van der Waals surface area contributed by atoms with E-state index in [1.54, 1.807) is 17.7 Å². The second kappa shape index (κ2) is 6.46. The zero-order chi connectivity index (χ0) is 16.2. The minimum Gasteiger partial charge on any atom is -0.360 e. The Bertz CT molecular complexity index is 916. The molecule has 0 saturated carbocycles. The SMILES string of the molecule is CCc1cccc2c(C=C(C#N)C(=O)Nc3nccs3)c[nH]c12. The van der Waals surface area contributed by atoms with Gasteiger partial charge in [0.25, 0.3) is 5.91 Å². The molecule has 0 aliphatic rings. The van der Waals surface area contributed by atoms with Crippen molar-refractivity contribution in [3.63, 3.8) is 0 Å². The van der Waals surface area contributed by atoms with Crippen molar-refractivity contribution in [2.24, 2.45) is 0 Å². The molecule has 0 aliphatic carbocycles. The minimum absolute atomic E-state index is 0.0444. The maximum absolute atomic E-state index is 12.2. The summed E-state index contributed by atoms with van der Waals surface area (Å²) in [6.07, 6.45) is 5.93. The lowest BCUT2D eigenvalue weighted by Gasteiger charge is -2.01. The van der Waals surface area contributed by atoms with E-state index in [1.165, 1.54) is 16.9 Å². The molecular formula is C17H14N4OS. The van der Waals surface area contributed by atoms with E-state index in [0.717, 1.165) is 22.9 Å². The van der Waals surface area contributed by atoms with Gasteiger partial charge in [0, 0.05) is 34.2 Å². The number of fused-ring (bicyclic) bond motifs is 1. The number of nitrogens with zero attached hydrogens (tertiary/aromatic N) is 2. The van der Waals surface area contributed by atoms with Crippen LogP contribution in [-0.2, 0) is 11.2 Å². The number of aromatic nitrogens is 2. The van der Waals surface area contributed by atoms with Gasteiger partial charge in [-0.3, -0.25) is 10.1 Å². The molecule has 0 spiro atoms. The summed E-state index contributed by atoms with van der Waals surface area (Å²) in [7, 11) is 0. The van der Waals surface area contributed by atoms with E-state index in [9.17, 15) is 10.1 Å². The van der Waals surface area contributed by atoms with E-state index in [4.69, 9.17) is 0 Å². The predicted molar refractivity (Wildman–Crippen MR) is 92.0 cm³/mol. The lowest BCUT2D eigenvalue weighted by molar-refractivity contribution is -0.112. The van der Waals surface area contributed by atoms with Gasteiger partial charge in [-0.2, -0.15) is 5.26 Å². The van der Waals surface area contributed by atoms with Crippen LogP contribution in [0.1, 0.15) is 18.1 Å². The fraction of sp³-hybridized carbons (Fsp3) is 0.118. The largest absolute Gasteiger partial charge is 0.360 e. The van der Waals surface area contributed by atoms with Gasteiger partial charge in [-0.15, -0.1) is 11.3 Å². The van der Waals surface area contributed by atoms with Crippen LogP contribution in [-0.4, -0.2) is 15.9 Å². The van der Waals surface area contributed by atoms with Crippen molar-refractivity contribution in [3.8, 4) is 6.07 Å². The first kappa shape index (κ1) is 15.0. The van der Waals surface area contributed by atoms with E-state index in [-0.39, 0.29) is 5.57 Å². The zero-order valence-electron chi connectivity index (χ0n) is 12.5. The summed E-state index contributed by atoms with van der Waals surface area (Å²) in [4.78, 5) is 19.4. The average Bonchev–Trinajstić information content (AvgIpc) is 3.21. The van der Waals surface area contributed by atoms with E-state index in [0.29, 0.717) is 5.13 Å². The highest BCUT2D eigenvalue weighted by molar-refractivity contribution is 7.13. The van der Waals surface area contributed by atoms with Crippen LogP contribution in [0.3, 0.4) is 0 Å². The van der Waals surface area contributed by atoms with Crippen LogP contribution in [0.5, 0.6) is 0 Å². The number of para-hydroxylation sites is 1. The summed E-state index contributed by atoms with van der Waals surface area (Å²) < 4.78 is 0. The van der Waals surface area contributed by atoms with Gasteiger partial charge in [0.1, 0.15) is 11.6 Å². The molecule has 1 aromatic carbocycles. The molecule has 2 heterocycles. The molecule has 5 nitrogen and oxygen atoms in total. The molecule has 3 rings (SSSR count). The summed E-state index contributed by atoms with van der Waals surface area (Å²) in [5.74, 6) is -0.455. The summed E-state index contributed by atoms with van der Waals surface area (Å²) in [5, 5.41) is 15.1. The van der Waals surface area contributed by atoms with E-state index in [1.807, 2.05) is 24.4 Å². The van der Waals surface area contributed by atoms with Gasteiger partial charge >= 0.3 is 0 Å². The molecule has 0 atom stereocenters. The number of benzene rings is 1.